The van der Waals surface area contributed by atoms with Crippen LogP contribution in [0.3, 0.4) is 0 Å². The zero-order valence-corrected chi connectivity index (χ0v) is 19.0. The average molecular weight is 423 g/mol. The molecule has 0 unspecified atom stereocenters. The van der Waals surface area contributed by atoms with E-state index in [4.69, 9.17) is 4.74 Å². The minimum atomic E-state index is -0.579. The molecule has 5 heteroatoms. The van der Waals surface area contributed by atoms with Gasteiger partial charge in [-0.2, -0.15) is 0 Å². The van der Waals surface area contributed by atoms with E-state index in [1.165, 1.54) is 102 Å². The van der Waals surface area contributed by atoms with Gasteiger partial charge in [-0.05, 0) is 6.42 Å². The molecule has 0 aromatic rings. The van der Waals surface area contributed by atoms with Gasteiger partial charge in [-0.1, -0.05) is 110 Å². The van der Waals surface area contributed by atoms with Crippen molar-refractivity contribution in [3.63, 3.8) is 0 Å². The zero-order chi connectivity index (χ0) is 22.3. The molecule has 0 aromatic carbocycles. The Hall–Kier alpha value is -1.91. The van der Waals surface area contributed by atoms with E-state index >= 15 is 0 Å². The highest BCUT2D eigenvalue weighted by molar-refractivity contribution is 6.04. The predicted molar refractivity (Wildman–Crippen MR) is 121 cm³/mol. The van der Waals surface area contributed by atoms with E-state index in [2.05, 4.69) is 18.2 Å². The second kappa shape index (κ2) is 21.8. The minimum absolute atomic E-state index is 0.300. The third-order valence-electron chi connectivity index (χ3n) is 4.97. The van der Waals surface area contributed by atoms with Crippen molar-refractivity contribution in [3.05, 3.63) is 24.8 Å². The Morgan fingerprint density at radius 1 is 0.767 bits per heavy atom. The molecule has 5 nitrogen and oxygen atoms in total. The lowest BCUT2D eigenvalue weighted by Gasteiger charge is -2.04. The lowest BCUT2D eigenvalue weighted by molar-refractivity contribution is -0.150. The van der Waals surface area contributed by atoms with Gasteiger partial charge < -0.3 is 9.47 Å². The van der Waals surface area contributed by atoms with Gasteiger partial charge in [0.15, 0.2) is 0 Å². The number of carbonyl (C=O) groups is 3. The Morgan fingerprint density at radius 3 is 1.43 bits per heavy atom. The normalized spacial score (nSPS) is 12.3. The molecule has 0 radical (unpaired) electrons. The van der Waals surface area contributed by atoms with Crippen LogP contribution in [0.1, 0.15) is 110 Å². The smallest absolute Gasteiger partial charge is 0.338 e. The first-order valence-electron chi connectivity index (χ1n) is 11.8. The molecule has 0 spiro atoms. The number of esters is 3. The maximum absolute atomic E-state index is 10.8. The van der Waals surface area contributed by atoms with Gasteiger partial charge in [-0.15, -0.1) is 0 Å². The SMILES string of the molecule is C=CC(=O)OCCCCCCCCCCCCCCCCCC.O=C1C=CC(=O)O1. The first-order valence-corrected chi connectivity index (χ1v) is 11.8. The molecule has 172 valence electrons. The lowest BCUT2D eigenvalue weighted by atomic mass is 10.0. The molecule has 1 aliphatic heterocycles. The summed E-state index contributed by atoms with van der Waals surface area (Å²) >= 11 is 0. The second-order valence-corrected chi connectivity index (χ2v) is 7.75. The third kappa shape index (κ3) is 20.8. The van der Waals surface area contributed by atoms with E-state index in [0.717, 1.165) is 18.6 Å². The van der Waals surface area contributed by atoms with E-state index in [1.807, 2.05) is 0 Å². The number of hydrogen-bond acceptors (Lipinski definition) is 5. The highest BCUT2D eigenvalue weighted by Gasteiger charge is 2.10. The van der Waals surface area contributed by atoms with Crippen molar-refractivity contribution in [1.82, 2.24) is 0 Å². The standard InChI is InChI=1S/C21H40O2.C4H2O3/c1-3-5-6-7-8-9-10-11-12-13-14-15-16-17-18-19-20-23-21(22)4-2;5-3-1-2-4(6)7-3/h4H,2-3,5-20H2,1H3;1-2H. The Balaban J connectivity index is 0.000001000. The second-order valence-electron chi connectivity index (χ2n) is 7.75. The quantitative estimate of drug-likeness (QED) is 0.108. The molecule has 0 aromatic heterocycles. The van der Waals surface area contributed by atoms with Crippen LogP contribution in [0.2, 0.25) is 0 Å². The Bertz CT molecular complexity index is 480. The summed E-state index contributed by atoms with van der Waals surface area (Å²) in [6, 6.07) is 0. The number of ether oxygens (including phenoxy) is 2. The molecule has 0 bridgehead atoms. The summed E-state index contributed by atoms with van der Waals surface area (Å²) in [5.41, 5.74) is 0. The molecule has 30 heavy (non-hydrogen) atoms. The number of carbonyl (C=O) groups excluding carboxylic acids is 3. The first kappa shape index (κ1) is 28.1. The monoisotopic (exact) mass is 422 g/mol. The molecule has 0 saturated heterocycles. The van der Waals surface area contributed by atoms with Gasteiger partial charge in [0.25, 0.3) is 0 Å². The number of hydrogen-bond donors (Lipinski definition) is 0. The van der Waals surface area contributed by atoms with Crippen molar-refractivity contribution < 1.29 is 23.9 Å². The largest absolute Gasteiger partial charge is 0.463 e. The third-order valence-corrected chi connectivity index (χ3v) is 4.97. The maximum atomic E-state index is 10.8. The van der Waals surface area contributed by atoms with Crippen LogP contribution in [0.4, 0.5) is 0 Å². The molecular weight excluding hydrogens is 380 g/mol. The van der Waals surface area contributed by atoms with Gasteiger partial charge in [0, 0.05) is 18.2 Å². The van der Waals surface area contributed by atoms with Crippen LogP contribution in [0.25, 0.3) is 0 Å². The van der Waals surface area contributed by atoms with Gasteiger partial charge >= 0.3 is 17.9 Å². The summed E-state index contributed by atoms with van der Waals surface area (Å²) in [7, 11) is 0. The van der Waals surface area contributed by atoms with E-state index < -0.39 is 11.9 Å². The number of cyclic esters (lactones) is 2. The van der Waals surface area contributed by atoms with E-state index in [-0.39, 0.29) is 5.97 Å². The Morgan fingerprint density at radius 2 is 1.13 bits per heavy atom. The zero-order valence-electron chi connectivity index (χ0n) is 19.0. The molecule has 0 atom stereocenters. The van der Waals surface area contributed by atoms with Gasteiger partial charge in [0.1, 0.15) is 0 Å². The van der Waals surface area contributed by atoms with E-state index in [9.17, 15) is 14.4 Å². The summed E-state index contributed by atoms with van der Waals surface area (Å²) in [6.07, 6.45) is 25.1. The molecule has 0 N–H and O–H groups in total. The number of unbranched alkanes of at least 4 members (excludes halogenated alkanes) is 15. The van der Waals surface area contributed by atoms with Crippen molar-refractivity contribution >= 4 is 17.9 Å². The number of rotatable bonds is 18. The minimum Gasteiger partial charge on any atom is -0.463 e. The molecule has 1 heterocycles. The molecule has 0 aliphatic carbocycles. The van der Waals surface area contributed by atoms with Crippen LogP contribution in [0, 0.1) is 0 Å². The molecule has 1 rings (SSSR count). The Kier molecular flexibility index (Phi) is 20.4. The van der Waals surface area contributed by atoms with Crippen LogP contribution in [-0.4, -0.2) is 24.5 Å². The first-order chi connectivity index (χ1) is 14.6. The molecule has 0 amide bonds. The molecule has 0 saturated carbocycles. The summed E-state index contributed by atoms with van der Waals surface area (Å²) < 4.78 is 8.93. The Labute approximate surface area is 183 Å². The molecule has 1 aliphatic rings. The molecule has 0 fully saturated rings. The van der Waals surface area contributed by atoms with Gasteiger partial charge in [-0.3, -0.25) is 0 Å². The van der Waals surface area contributed by atoms with Crippen molar-refractivity contribution in [2.75, 3.05) is 6.61 Å². The van der Waals surface area contributed by atoms with Crippen LogP contribution < -0.4 is 0 Å². The van der Waals surface area contributed by atoms with Crippen molar-refractivity contribution in [3.8, 4) is 0 Å². The van der Waals surface area contributed by atoms with Crippen LogP contribution >= 0.6 is 0 Å². The molecular formula is C25H42O5. The predicted octanol–water partition coefficient (Wildman–Crippen LogP) is 6.60. The summed E-state index contributed by atoms with van der Waals surface area (Å²) in [5.74, 6) is -1.46. The van der Waals surface area contributed by atoms with Crippen LogP contribution in [-0.2, 0) is 23.9 Å². The average Bonchev–Trinajstić information content (AvgIpc) is 3.13. The van der Waals surface area contributed by atoms with Gasteiger partial charge in [-0.25, -0.2) is 14.4 Å². The lowest BCUT2D eigenvalue weighted by Crippen LogP contribution is -2.01. The van der Waals surface area contributed by atoms with E-state index in [1.54, 1.807) is 0 Å². The topological polar surface area (TPSA) is 69.7 Å². The summed E-state index contributed by atoms with van der Waals surface area (Å²) in [6.45, 7) is 6.20. The summed E-state index contributed by atoms with van der Waals surface area (Å²) in [5, 5.41) is 0. The van der Waals surface area contributed by atoms with Gasteiger partial charge in [0.2, 0.25) is 0 Å². The van der Waals surface area contributed by atoms with Crippen LogP contribution in [0.5, 0.6) is 0 Å². The fourth-order valence-corrected chi connectivity index (χ4v) is 3.19. The van der Waals surface area contributed by atoms with E-state index in [0.29, 0.717) is 6.61 Å². The van der Waals surface area contributed by atoms with Crippen LogP contribution in [0.15, 0.2) is 24.8 Å². The highest BCUT2D eigenvalue weighted by Crippen LogP contribution is 2.13. The fourth-order valence-electron chi connectivity index (χ4n) is 3.19. The van der Waals surface area contributed by atoms with Gasteiger partial charge in [0.05, 0.1) is 6.61 Å². The van der Waals surface area contributed by atoms with Crippen molar-refractivity contribution in [2.24, 2.45) is 0 Å². The van der Waals surface area contributed by atoms with Crippen molar-refractivity contribution in [2.45, 2.75) is 110 Å². The highest BCUT2D eigenvalue weighted by atomic mass is 16.6. The fraction of sp³-hybridized carbons (Fsp3) is 0.720. The summed E-state index contributed by atoms with van der Waals surface area (Å²) in [4.78, 5) is 30.7. The maximum Gasteiger partial charge on any atom is 0.338 e. The van der Waals surface area contributed by atoms with Crippen molar-refractivity contribution in [1.29, 1.82) is 0 Å².